The Balaban J connectivity index is 1.42. The minimum absolute atomic E-state index is 0.376. The smallest absolute Gasteiger partial charge is 0.240 e. The Kier molecular flexibility index (Phi) is 5.18. The van der Waals surface area contributed by atoms with E-state index in [0.29, 0.717) is 22.4 Å². The van der Waals surface area contributed by atoms with Crippen molar-refractivity contribution in [3.63, 3.8) is 0 Å². The quantitative estimate of drug-likeness (QED) is 0.539. The standard InChI is InChI=1S/C17H16F3N5S2/c18-17(19,20)12-7-5-11(6-8-12)15-21-13(9-26-15)10-27-16-22-23-24-25(16)14-3-1-2-4-14/h5-9,14H,1-4,10H2. The summed E-state index contributed by atoms with van der Waals surface area (Å²) in [4.78, 5) is 4.54. The second kappa shape index (κ2) is 7.59. The Hall–Kier alpha value is -1.94. The molecule has 0 N–H and O–H groups in total. The summed E-state index contributed by atoms with van der Waals surface area (Å²) in [6.45, 7) is 0. The third kappa shape index (κ3) is 4.16. The number of thiazole rings is 1. The third-order valence-electron chi connectivity index (χ3n) is 4.49. The number of hydrogen-bond donors (Lipinski definition) is 0. The van der Waals surface area contributed by atoms with Crippen molar-refractivity contribution in [3.05, 3.63) is 40.9 Å². The van der Waals surface area contributed by atoms with Crippen molar-refractivity contribution in [3.8, 4) is 10.6 Å². The molecule has 1 fully saturated rings. The van der Waals surface area contributed by atoms with Gasteiger partial charge in [0.1, 0.15) is 5.01 Å². The van der Waals surface area contributed by atoms with Gasteiger partial charge in [-0.3, -0.25) is 0 Å². The van der Waals surface area contributed by atoms with Crippen molar-refractivity contribution in [2.45, 2.75) is 48.8 Å². The molecule has 2 aromatic heterocycles. The van der Waals surface area contributed by atoms with Crippen LogP contribution in [0.5, 0.6) is 0 Å². The highest BCUT2D eigenvalue weighted by molar-refractivity contribution is 7.98. The average molecular weight is 411 g/mol. The van der Waals surface area contributed by atoms with Crippen LogP contribution < -0.4 is 0 Å². The first-order chi connectivity index (χ1) is 13.0. The number of aromatic nitrogens is 5. The number of tetrazole rings is 1. The van der Waals surface area contributed by atoms with Crippen molar-refractivity contribution in [1.29, 1.82) is 0 Å². The lowest BCUT2D eigenvalue weighted by molar-refractivity contribution is -0.137. The van der Waals surface area contributed by atoms with Crippen LogP contribution in [0, 0.1) is 0 Å². The summed E-state index contributed by atoms with van der Waals surface area (Å²) in [5.41, 5.74) is 0.887. The summed E-state index contributed by atoms with van der Waals surface area (Å²) < 4.78 is 39.9. The van der Waals surface area contributed by atoms with Crippen molar-refractivity contribution in [2.24, 2.45) is 0 Å². The minimum atomic E-state index is -4.33. The Morgan fingerprint density at radius 1 is 1.15 bits per heavy atom. The molecule has 1 aliphatic rings. The van der Waals surface area contributed by atoms with E-state index < -0.39 is 11.7 Å². The highest BCUT2D eigenvalue weighted by Crippen LogP contribution is 2.34. The lowest BCUT2D eigenvalue weighted by Crippen LogP contribution is -2.08. The topological polar surface area (TPSA) is 56.5 Å². The molecule has 0 spiro atoms. The summed E-state index contributed by atoms with van der Waals surface area (Å²) in [5, 5.41) is 15.4. The number of hydrogen-bond acceptors (Lipinski definition) is 6. The molecule has 0 unspecified atom stereocenters. The van der Waals surface area contributed by atoms with Crippen LogP contribution in [0.1, 0.15) is 43.0 Å². The van der Waals surface area contributed by atoms with E-state index in [1.54, 1.807) is 0 Å². The molecule has 0 bridgehead atoms. The van der Waals surface area contributed by atoms with E-state index in [4.69, 9.17) is 0 Å². The van der Waals surface area contributed by atoms with Gasteiger partial charge in [0.2, 0.25) is 5.16 Å². The summed E-state index contributed by atoms with van der Waals surface area (Å²) in [7, 11) is 0. The molecule has 0 saturated heterocycles. The van der Waals surface area contributed by atoms with Crippen molar-refractivity contribution in [1.82, 2.24) is 25.2 Å². The van der Waals surface area contributed by atoms with Gasteiger partial charge in [-0.2, -0.15) is 13.2 Å². The van der Waals surface area contributed by atoms with Crippen molar-refractivity contribution >= 4 is 23.1 Å². The largest absolute Gasteiger partial charge is 0.416 e. The van der Waals surface area contributed by atoms with E-state index >= 15 is 0 Å². The van der Waals surface area contributed by atoms with E-state index in [0.717, 1.165) is 35.8 Å². The maximum Gasteiger partial charge on any atom is 0.416 e. The van der Waals surface area contributed by atoms with Crippen molar-refractivity contribution in [2.75, 3.05) is 0 Å². The minimum Gasteiger partial charge on any atom is -0.240 e. The van der Waals surface area contributed by atoms with Crippen LogP contribution in [0.25, 0.3) is 10.6 Å². The van der Waals surface area contributed by atoms with Gasteiger partial charge in [0.05, 0.1) is 17.3 Å². The molecule has 1 aromatic carbocycles. The predicted octanol–water partition coefficient (Wildman–Crippen LogP) is 5.22. The van der Waals surface area contributed by atoms with E-state index in [1.807, 2.05) is 10.1 Å². The SMILES string of the molecule is FC(F)(F)c1ccc(-c2nc(CSc3nnnn3C3CCCC3)cs2)cc1. The van der Waals surface area contributed by atoms with Gasteiger partial charge < -0.3 is 0 Å². The lowest BCUT2D eigenvalue weighted by Gasteiger charge is -2.10. The molecule has 5 nitrogen and oxygen atoms in total. The summed E-state index contributed by atoms with van der Waals surface area (Å²) in [6, 6.07) is 5.46. The molecule has 0 atom stereocenters. The average Bonchev–Trinajstić information content (AvgIpc) is 3.39. The molecule has 0 amide bonds. The first-order valence-electron chi connectivity index (χ1n) is 8.53. The van der Waals surface area contributed by atoms with E-state index in [-0.39, 0.29) is 0 Å². The van der Waals surface area contributed by atoms with Crippen LogP contribution in [0.3, 0.4) is 0 Å². The molecule has 0 radical (unpaired) electrons. The molecule has 4 rings (SSSR count). The fraction of sp³-hybridized carbons (Fsp3) is 0.412. The Morgan fingerprint density at radius 3 is 2.59 bits per heavy atom. The second-order valence-corrected chi connectivity index (χ2v) is 8.15. The highest BCUT2D eigenvalue weighted by Gasteiger charge is 2.30. The van der Waals surface area contributed by atoms with Gasteiger partial charge in [-0.15, -0.1) is 16.4 Å². The molecule has 27 heavy (non-hydrogen) atoms. The summed E-state index contributed by atoms with van der Waals surface area (Å²) in [6.07, 6.45) is 0.293. The van der Waals surface area contributed by atoms with Gasteiger partial charge in [0.25, 0.3) is 0 Å². The van der Waals surface area contributed by atoms with Gasteiger partial charge >= 0.3 is 6.18 Å². The molecule has 1 aliphatic carbocycles. The van der Waals surface area contributed by atoms with Crippen molar-refractivity contribution < 1.29 is 13.2 Å². The molecule has 0 aliphatic heterocycles. The fourth-order valence-electron chi connectivity index (χ4n) is 3.10. The zero-order chi connectivity index (χ0) is 18.9. The van der Waals surface area contributed by atoms with E-state index in [1.165, 1.54) is 48.1 Å². The number of rotatable bonds is 5. The lowest BCUT2D eigenvalue weighted by atomic mass is 10.1. The van der Waals surface area contributed by atoms with Gasteiger partial charge in [-0.05, 0) is 35.4 Å². The number of halogens is 3. The number of benzene rings is 1. The number of nitrogens with zero attached hydrogens (tertiary/aromatic N) is 5. The maximum atomic E-state index is 12.7. The van der Waals surface area contributed by atoms with Gasteiger partial charge in [-0.25, -0.2) is 9.67 Å². The van der Waals surface area contributed by atoms with Gasteiger partial charge in [0.15, 0.2) is 0 Å². The molecule has 2 heterocycles. The highest BCUT2D eigenvalue weighted by atomic mass is 32.2. The van der Waals surface area contributed by atoms with Crippen LogP contribution in [0.4, 0.5) is 13.2 Å². The molecule has 142 valence electrons. The normalized spacial score (nSPS) is 15.5. The summed E-state index contributed by atoms with van der Waals surface area (Å²) in [5.74, 6) is 0.615. The van der Waals surface area contributed by atoms with Gasteiger partial charge in [-0.1, -0.05) is 36.7 Å². The van der Waals surface area contributed by atoms with Crippen LogP contribution in [0.2, 0.25) is 0 Å². The Bertz CT molecular complexity index is 898. The predicted molar refractivity (Wildman–Crippen MR) is 97.4 cm³/mol. The second-order valence-electron chi connectivity index (χ2n) is 6.35. The van der Waals surface area contributed by atoms with Gasteiger partial charge in [0, 0.05) is 16.7 Å². The molecule has 10 heteroatoms. The first kappa shape index (κ1) is 18.4. The maximum absolute atomic E-state index is 12.7. The Labute approximate surface area is 162 Å². The fourth-order valence-corrected chi connectivity index (χ4v) is 4.87. The zero-order valence-corrected chi connectivity index (χ0v) is 15.8. The van der Waals surface area contributed by atoms with Crippen LogP contribution >= 0.6 is 23.1 Å². The zero-order valence-electron chi connectivity index (χ0n) is 14.2. The van der Waals surface area contributed by atoms with Crippen LogP contribution in [-0.2, 0) is 11.9 Å². The molecule has 1 saturated carbocycles. The Morgan fingerprint density at radius 2 is 1.89 bits per heavy atom. The number of thioether (sulfide) groups is 1. The third-order valence-corrected chi connectivity index (χ3v) is 6.40. The van der Waals surface area contributed by atoms with E-state index in [2.05, 4.69) is 20.5 Å². The van der Waals surface area contributed by atoms with Crippen LogP contribution in [-0.4, -0.2) is 25.2 Å². The summed E-state index contributed by atoms with van der Waals surface area (Å²) >= 11 is 2.95. The van der Waals surface area contributed by atoms with E-state index in [9.17, 15) is 13.2 Å². The van der Waals surface area contributed by atoms with Crippen LogP contribution in [0.15, 0.2) is 34.8 Å². The molecular weight excluding hydrogens is 395 g/mol. The first-order valence-corrected chi connectivity index (χ1v) is 10.4. The molecule has 3 aromatic rings. The number of alkyl halides is 3. The molecular formula is C17H16F3N5S2. The monoisotopic (exact) mass is 411 g/mol.